The van der Waals surface area contributed by atoms with E-state index in [0.29, 0.717) is 18.4 Å². The van der Waals surface area contributed by atoms with E-state index in [1.165, 1.54) is 12.8 Å². The zero-order valence-corrected chi connectivity index (χ0v) is 11.3. The van der Waals surface area contributed by atoms with Crippen LogP contribution in [0.1, 0.15) is 44.7 Å². The third-order valence-corrected chi connectivity index (χ3v) is 3.35. The summed E-state index contributed by atoms with van der Waals surface area (Å²) < 4.78 is 1.86. The fourth-order valence-electron chi connectivity index (χ4n) is 2.34. The number of nitrogens with zero attached hydrogens (tertiary/aromatic N) is 4. The maximum absolute atomic E-state index is 8.77. The van der Waals surface area contributed by atoms with E-state index in [1.807, 2.05) is 11.7 Å². The smallest absolute Gasteiger partial charge is 0.150 e. The zero-order chi connectivity index (χ0) is 13.3. The predicted octanol–water partition coefficient (Wildman–Crippen LogP) is 2.01. The van der Waals surface area contributed by atoms with Crippen molar-refractivity contribution >= 4 is 11.5 Å². The van der Waals surface area contributed by atoms with Gasteiger partial charge >= 0.3 is 0 Å². The summed E-state index contributed by atoms with van der Waals surface area (Å²) in [5.74, 6) is 1.30. The summed E-state index contributed by atoms with van der Waals surface area (Å²) in [6, 6.07) is 2.74. The zero-order valence-electron chi connectivity index (χ0n) is 11.3. The molecule has 0 atom stereocenters. The number of nitrogens with two attached hydrogens (primary N) is 1. The third-order valence-electron chi connectivity index (χ3n) is 3.35. The number of nitriles is 1. The summed E-state index contributed by atoms with van der Waals surface area (Å²) in [5, 5.41) is 13.3. The molecule has 1 fully saturated rings. The van der Waals surface area contributed by atoms with E-state index in [2.05, 4.69) is 29.9 Å². The van der Waals surface area contributed by atoms with Crippen LogP contribution in [0.3, 0.4) is 0 Å². The molecule has 1 heterocycles. The minimum Gasteiger partial charge on any atom is -0.394 e. The van der Waals surface area contributed by atoms with Crippen LogP contribution in [0.5, 0.6) is 0 Å². The first-order chi connectivity index (χ1) is 8.56. The summed E-state index contributed by atoms with van der Waals surface area (Å²) >= 11 is 0. The van der Waals surface area contributed by atoms with Crippen molar-refractivity contribution in [1.82, 2.24) is 9.78 Å². The molecule has 0 aliphatic heterocycles. The molecule has 0 aromatic carbocycles. The first kappa shape index (κ1) is 12.7. The van der Waals surface area contributed by atoms with Gasteiger partial charge < -0.3 is 10.6 Å². The number of rotatable bonds is 5. The van der Waals surface area contributed by atoms with E-state index >= 15 is 0 Å². The van der Waals surface area contributed by atoms with E-state index in [0.717, 1.165) is 23.7 Å². The molecule has 5 heteroatoms. The number of aromatic nitrogens is 2. The summed E-state index contributed by atoms with van der Waals surface area (Å²) in [6.07, 6.45) is 2.90. The van der Waals surface area contributed by atoms with Crippen LogP contribution in [-0.4, -0.2) is 22.4 Å². The summed E-state index contributed by atoms with van der Waals surface area (Å²) in [7, 11) is 1.93. The molecule has 18 heavy (non-hydrogen) atoms. The molecule has 0 saturated heterocycles. The first-order valence-corrected chi connectivity index (χ1v) is 6.52. The van der Waals surface area contributed by atoms with Crippen LogP contribution in [0.2, 0.25) is 0 Å². The number of nitrogen functional groups attached to an aromatic ring is 1. The van der Waals surface area contributed by atoms with Gasteiger partial charge in [-0.2, -0.15) is 10.4 Å². The minimum absolute atomic E-state index is 0.321. The lowest BCUT2D eigenvalue weighted by Crippen LogP contribution is -2.29. The van der Waals surface area contributed by atoms with Crippen molar-refractivity contribution in [2.75, 3.05) is 17.2 Å². The van der Waals surface area contributed by atoms with Crippen molar-refractivity contribution in [3.63, 3.8) is 0 Å². The second-order valence-corrected chi connectivity index (χ2v) is 5.23. The Hall–Kier alpha value is -1.70. The molecular weight excluding hydrogens is 226 g/mol. The van der Waals surface area contributed by atoms with E-state index < -0.39 is 0 Å². The van der Waals surface area contributed by atoms with Gasteiger partial charge in [-0.1, -0.05) is 13.8 Å². The highest BCUT2D eigenvalue weighted by atomic mass is 15.4. The van der Waals surface area contributed by atoms with E-state index in [1.54, 1.807) is 0 Å². The van der Waals surface area contributed by atoms with Crippen LogP contribution in [-0.2, 0) is 7.05 Å². The second-order valence-electron chi connectivity index (χ2n) is 5.23. The van der Waals surface area contributed by atoms with Gasteiger partial charge in [0.2, 0.25) is 0 Å². The molecule has 1 saturated carbocycles. The van der Waals surface area contributed by atoms with Crippen LogP contribution < -0.4 is 10.6 Å². The maximum Gasteiger partial charge on any atom is 0.150 e. The van der Waals surface area contributed by atoms with Crippen molar-refractivity contribution in [2.24, 2.45) is 7.05 Å². The quantitative estimate of drug-likeness (QED) is 0.864. The Balaban J connectivity index is 2.32. The highest BCUT2D eigenvalue weighted by molar-refractivity contribution is 5.68. The molecule has 0 bridgehead atoms. The first-order valence-electron chi connectivity index (χ1n) is 6.52. The van der Waals surface area contributed by atoms with Crippen LogP contribution >= 0.6 is 0 Å². The number of aryl methyl sites for hydroxylation is 1. The fourth-order valence-corrected chi connectivity index (χ4v) is 2.34. The van der Waals surface area contributed by atoms with Gasteiger partial charge in [-0.25, -0.2) is 0 Å². The van der Waals surface area contributed by atoms with Gasteiger partial charge in [-0.15, -0.1) is 0 Å². The van der Waals surface area contributed by atoms with Crippen LogP contribution in [0.25, 0.3) is 0 Å². The van der Waals surface area contributed by atoms with Crippen molar-refractivity contribution in [3.8, 4) is 6.07 Å². The molecule has 1 aliphatic rings. The Bertz CT molecular complexity index is 464. The molecule has 0 spiro atoms. The van der Waals surface area contributed by atoms with Gasteiger partial charge in [0.25, 0.3) is 0 Å². The topological polar surface area (TPSA) is 70.9 Å². The van der Waals surface area contributed by atoms with Crippen LogP contribution in [0.15, 0.2) is 0 Å². The number of anilines is 2. The van der Waals surface area contributed by atoms with Gasteiger partial charge in [0.1, 0.15) is 0 Å². The number of hydrogen-bond acceptors (Lipinski definition) is 4. The molecular formula is C13H21N5. The molecule has 0 radical (unpaired) electrons. The van der Waals surface area contributed by atoms with Crippen molar-refractivity contribution in [1.29, 1.82) is 5.26 Å². The van der Waals surface area contributed by atoms with Crippen molar-refractivity contribution in [2.45, 2.75) is 45.1 Å². The standard InChI is InChI=1S/C13H21N5/c1-9(2)12-11(15)13(17(3)16-12)18(8-4-7-14)10-5-6-10/h9-10H,4-6,8,15H2,1-3H3. The lowest BCUT2D eigenvalue weighted by Gasteiger charge is -2.24. The van der Waals surface area contributed by atoms with Crippen molar-refractivity contribution in [3.05, 3.63) is 5.69 Å². The van der Waals surface area contributed by atoms with E-state index in [-0.39, 0.29) is 0 Å². The lowest BCUT2D eigenvalue weighted by molar-refractivity contribution is 0.678. The maximum atomic E-state index is 8.77. The van der Waals surface area contributed by atoms with Crippen LogP contribution in [0.4, 0.5) is 11.5 Å². The van der Waals surface area contributed by atoms with Gasteiger partial charge in [0.15, 0.2) is 5.82 Å². The highest BCUT2D eigenvalue weighted by Gasteiger charge is 2.33. The average Bonchev–Trinajstić information content (AvgIpc) is 3.09. The lowest BCUT2D eigenvalue weighted by atomic mass is 10.1. The molecule has 1 aromatic heterocycles. The molecule has 98 valence electrons. The second kappa shape index (κ2) is 4.89. The van der Waals surface area contributed by atoms with E-state index in [4.69, 9.17) is 11.0 Å². The molecule has 1 aliphatic carbocycles. The minimum atomic E-state index is 0.321. The SMILES string of the molecule is CC(C)c1nn(C)c(N(CCC#N)C2CC2)c1N. The predicted molar refractivity (Wildman–Crippen MR) is 72.3 cm³/mol. The summed E-state index contributed by atoms with van der Waals surface area (Å²) in [5.41, 5.74) is 7.96. The normalized spacial score (nSPS) is 14.8. The van der Waals surface area contributed by atoms with Crippen molar-refractivity contribution < 1.29 is 0 Å². The van der Waals surface area contributed by atoms with Gasteiger partial charge in [0, 0.05) is 19.6 Å². The third kappa shape index (κ3) is 2.28. The molecule has 2 rings (SSSR count). The Morgan fingerprint density at radius 3 is 2.67 bits per heavy atom. The summed E-state index contributed by atoms with van der Waals surface area (Å²) in [4.78, 5) is 2.25. The summed E-state index contributed by atoms with van der Waals surface area (Å²) in [6.45, 7) is 4.93. The Morgan fingerprint density at radius 2 is 2.22 bits per heavy atom. The molecule has 1 aromatic rings. The van der Waals surface area contributed by atoms with E-state index in [9.17, 15) is 0 Å². The molecule has 2 N–H and O–H groups in total. The van der Waals surface area contributed by atoms with Gasteiger partial charge in [-0.3, -0.25) is 4.68 Å². The highest BCUT2D eigenvalue weighted by Crippen LogP contribution is 2.37. The van der Waals surface area contributed by atoms with Crippen LogP contribution in [0, 0.1) is 11.3 Å². The molecule has 5 nitrogen and oxygen atoms in total. The molecule has 0 amide bonds. The number of hydrogen-bond donors (Lipinski definition) is 1. The fraction of sp³-hybridized carbons (Fsp3) is 0.692. The Morgan fingerprint density at radius 1 is 1.56 bits per heavy atom. The monoisotopic (exact) mass is 247 g/mol. The molecule has 0 unspecified atom stereocenters. The average molecular weight is 247 g/mol. The largest absolute Gasteiger partial charge is 0.394 e. The Kier molecular flexibility index (Phi) is 3.46. The van der Waals surface area contributed by atoms with Gasteiger partial charge in [0.05, 0.1) is 23.9 Å². The van der Waals surface area contributed by atoms with Gasteiger partial charge in [-0.05, 0) is 18.8 Å². The Labute approximate surface area is 108 Å².